The molecule has 1 aromatic heterocycles. The van der Waals surface area contributed by atoms with Gasteiger partial charge in [0.05, 0.1) is 19.9 Å². The Morgan fingerprint density at radius 1 is 1.32 bits per heavy atom. The molecule has 128 valence electrons. The van der Waals surface area contributed by atoms with Gasteiger partial charge in [-0.05, 0) is 17.7 Å². The molecule has 3 N–H and O–H groups in total. The van der Waals surface area contributed by atoms with Crippen LogP contribution in [0, 0.1) is 0 Å². The molecule has 0 bridgehead atoms. The molecule has 4 rings (SSSR count). The molecule has 0 aliphatic carbocycles. The Bertz CT molecular complexity index is 879. The zero-order chi connectivity index (χ0) is 17.6. The van der Waals surface area contributed by atoms with Crippen molar-refractivity contribution in [1.82, 2.24) is 25.7 Å². The number of H-pyrrole nitrogens is 1. The lowest BCUT2D eigenvalue weighted by Gasteiger charge is -2.29. The van der Waals surface area contributed by atoms with Gasteiger partial charge in [0, 0.05) is 23.9 Å². The van der Waals surface area contributed by atoms with Crippen molar-refractivity contribution in [2.24, 2.45) is 0 Å². The van der Waals surface area contributed by atoms with Crippen LogP contribution < -0.4 is 15.4 Å². The molecule has 0 saturated carbocycles. The average molecular weight is 341 g/mol. The number of hydrogen-bond donors (Lipinski definition) is 3. The first-order valence-corrected chi connectivity index (χ1v) is 7.62. The van der Waals surface area contributed by atoms with E-state index in [-0.39, 0.29) is 12.5 Å². The van der Waals surface area contributed by atoms with Gasteiger partial charge >= 0.3 is 6.03 Å². The maximum Gasteiger partial charge on any atom is 0.322 e. The van der Waals surface area contributed by atoms with E-state index in [1.807, 2.05) is 6.07 Å². The van der Waals surface area contributed by atoms with Gasteiger partial charge in [0.1, 0.15) is 5.75 Å². The molecule has 2 aromatic rings. The van der Waals surface area contributed by atoms with Crippen molar-refractivity contribution in [2.75, 3.05) is 13.7 Å². The van der Waals surface area contributed by atoms with Crippen LogP contribution in [0.5, 0.6) is 5.75 Å². The number of urea groups is 1. The highest BCUT2D eigenvalue weighted by molar-refractivity contribution is 6.08. The molecule has 3 heterocycles. The SMILES string of the molecule is COc1ccc2c(c1)C(=O)N(C[C@@]1(c3cn[nH]c3)NC(=O)NC1=O)C2. The number of carbonyl (C=O) groups is 3. The van der Waals surface area contributed by atoms with E-state index in [1.165, 1.54) is 24.4 Å². The molecule has 4 amide bonds. The number of amides is 4. The van der Waals surface area contributed by atoms with Gasteiger partial charge in [-0.3, -0.25) is 20.0 Å². The second-order valence-electron chi connectivity index (χ2n) is 5.98. The highest BCUT2D eigenvalue weighted by Crippen LogP contribution is 2.31. The van der Waals surface area contributed by atoms with Crippen LogP contribution in [-0.4, -0.2) is 46.6 Å². The fraction of sp³-hybridized carbons (Fsp3) is 0.250. The lowest BCUT2D eigenvalue weighted by atomic mass is 9.92. The van der Waals surface area contributed by atoms with Crippen molar-refractivity contribution in [3.05, 3.63) is 47.3 Å². The molecular weight excluding hydrogens is 326 g/mol. The summed E-state index contributed by atoms with van der Waals surface area (Å²) in [6.45, 7) is 0.348. The minimum atomic E-state index is -1.37. The van der Waals surface area contributed by atoms with Gasteiger partial charge in [0.15, 0.2) is 5.54 Å². The highest BCUT2D eigenvalue weighted by Gasteiger charge is 2.51. The molecule has 1 aromatic carbocycles. The normalized spacial score (nSPS) is 22.0. The number of rotatable bonds is 4. The van der Waals surface area contributed by atoms with Crippen LogP contribution in [0.1, 0.15) is 21.5 Å². The minimum absolute atomic E-state index is 0.0000640. The number of aromatic amines is 1. The van der Waals surface area contributed by atoms with E-state index < -0.39 is 17.5 Å². The van der Waals surface area contributed by atoms with Crippen LogP contribution >= 0.6 is 0 Å². The number of imide groups is 1. The Balaban J connectivity index is 1.68. The Hall–Kier alpha value is -3.36. The van der Waals surface area contributed by atoms with E-state index >= 15 is 0 Å². The van der Waals surface area contributed by atoms with Crippen LogP contribution in [0.4, 0.5) is 4.79 Å². The molecule has 1 fully saturated rings. The maximum atomic E-state index is 12.8. The number of hydrogen-bond acceptors (Lipinski definition) is 5. The third-order valence-electron chi connectivity index (χ3n) is 4.56. The molecule has 9 heteroatoms. The van der Waals surface area contributed by atoms with Gasteiger partial charge in [-0.25, -0.2) is 4.79 Å². The van der Waals surface area contributed by atoms with Crippen LogP contribution in [0.25, 0.3) is 0 Å². The predicted octanol–water partition coefficient (Wildman–Crippen LogP) is 0.109. The second kappa shape index (κ2) is 5.33. The molecule has 25 heavy (non-hydrogen) atoms. The molecule has 2 aliphatic rings. The first-order valence-electron chi connectivity index (χ1n) is 7.62. The third-order valence-corrected chi connectivity index (χ3v) is 4.56. The van der Waals surface area contributed by atoms with Gasteiger partial charge in [0.25, 0.3) is 11.8 Å². The molecular formula is C16H15N5O4. The predicted molar refractivity (Wildman–Crippen MR) is 84.7 cm³/mol. The topological polar surface area (TPSA) is 116 Å². The van der Waals surface area contributed by atoms with E-state index in [0.717, 1.165) is 5.56 Å². The third kappa shape index (κ3) is 2.24. The van der Waals surface area contributed by atoms with Crippen molar-refractivity contribution < 1.29 is 19.1 Å². The summed E-state index contributed by atoms with van der Waals surface area (Å²) < 4.78 is 5.16. The van der Waals surface area contributed by atoms with Gasteiger partial charge in [-0.1, -0.05) is 6.07 Å². The summed E-state index contributed by atoms with van der Waals surface area (Å²) in [6.07, 6.45) is 2.99. The number of nitrogens with one attached hydrogen (secondary N) is 3. The number of aromatic nitrogens is 2. The minimum Gasteiger partial charge on any atom is -0.497 e. The van der Waals surface area contributed by atoms with Crippen LogP contribution in [0.3, 0.4) is 0 Å². The molecule has 1 saturated heterocycles. The van der Waals surface area contributed by atoms with Crippen LogP contribution in [0.15, 0.2) is 30.6 Å². The second-order valence-corrected chi connectivity index (χ2v) is 5.98. The molecule has 0 unspecified atom stereocenters. The van der Waals surface area contributed by atoms with Crippen molar-refractivity contribution in [3.63, 3.8) is 0 Å². The quantitative estimate of drug-likeness (QED) is 0.683. The largest absolute Gasteiger partial charge is 0.497 e. The van der Waals surface area contributed by atoms with Crippen molar-refractivity contribution in [2.45, 2.75) is 12.1 Å². The van der Waals surface area contributed by atoms with Gasteiger partial charge in [-0.2, -0.15) is 5.10 Å². The molecule has 9 nitrogen and oxygen atoms in total. The Morgan fingerprint density at radius 2 is 2.16 bits per heavy atom. The van der Waals surface area contributed by atoms with Crippen molar-refractivity contribution >= 4 is 17.8 Å². The summed E-state index contributed by atoms with van der Waals surface area (Å²) in [7, 11) is 1.53. The molecule has 1 atom stereocenters. The van der Waals surface area contributed by atoms with Gasteiger partial charge in [-0.15, -0.1) is 0 Å². The van der Waals surface area contributed by atoms with E-state index in [2.05, 4.69) is 20.8 Å². The summed E-state index contributed by atoms with van der Waals surface area (Å²) in [5, 5.41) is 11.4. The summed E-state index contributed by atoms with van der Waals surface area (Å²) in [4.78, 5) is 38.5. The van der Waals surface area contributed by atoms with Crippen LogP contribution in [-0.2, 0) is 16.9 Å². The van der Waals surface area contributed by atoms with E-state index in [9.17, 15) is 14.4 Å². The zero-order valence-corrected chi connectivity index (χ0v) is 13.3. The highest BCUT2D eigenvalue weighted by atomic mass is 16.5. The fourth-order valence-electron chi connectivity index (χ4n) is 3.26. The summed E-state index contributed by atoms with van der Waals surface area (Å²) in [5.74, 6) is -0.142. The summed E-state index contributed by atoms with van der Waals surface area (Å²) in [6, 6.07) is 4.68. The summed E-state index contributed by atoms with van der Waals surface area (Å²) in [5.41, 5.74) is 0.493. The first kappa shape index (κ1) is 15.2. The van der Waals surface area contributed by atoms with E-state index in [0.29, 0.717) is 23.4 Å². The maximum absolute atomic E-state index is 12.8. The zero-order valence-electron chi connectivity index (χ0n) is 13.3. The monoisotopic (exact) mass is 341 g/mol. The number of methoxy groups -OCH3 is 1. The number of carbonyl (C=O) groups excluding carboxylic acids is 3. The van der Waals surface area contributed by atoms with Crippen molar-refractivity contribution in [3.8, 4) is 5.75 Å². The molecule has 0 radical (unpaired) electrons. The van der Waals surface area contributed by atoms with Gasteiger partial charge in [0.2, 0.25) is 0 Å². The van der Waals surface area contributed by atoms with Crippen LogP contribution in [0.2, 0.25) is 0 Å². The molecule has 0 spiro atoms. The fourth-order valence-corrected chi connectivity index (χ4v) is 3.26. The average Bonchev–Trinajstić information content (AvgIpc) is 3.29. The standard InChI is InChI=1S/C16H15N5O4/c1-25-11-3-2-9-7-21(13(22)12(9)4-11)8-16(10-5-17-18-6-10)14(23)19-15(24)20-16/h2-6H,7-8H2,1H3,(H,17,18)(H2,19,20,23,24)/t16-/m0/s1. The van der Waals surface area contributed by atoms with Gasteiger partial charge < -0.3 is 15.0 Å². The lowest BCUT2D eigenvalue weighted by molar-refractivity contribution is -0.124. The first-order chi connectivity index (χ1) is 12.0. The van der Waals surface area contributed by atoms with Crippen molar-refractivity contribution in [1.29, 1.82) is 0 Å². The Kier molecular flexibility index (Phi) is 3.24. The molecule has 2 aliphatic heterocycles. The smallest absolute Gasteiger partial charge is 0.322 e. The van der Waals surface area contributed by atoms with E-state index in [1.54, 1.807) is 12.1 Å². The lowest BCUT2D eigenvalue weighted by Crippen LogP contribution is -2.52. The van der Waals surface area contributed by atoms with E-state index in [4.69, 9.17) is 4.74 Å². The number of fused-ring (bicyclic) bond motifs is 1. The number of benzene rings is 1. The Labute approximate surface area is 142 Å². The summed E-state index contributed by atoms with van der Waals surface area (Å²) >= 11 is 0. The number of ether oxygens (including phenoxy) is 1. The number of nitrogens with zero attached hydrogens (tertiary/aromatic N) is 2. The Morgan fingerprint density at radius 3 is 2.80 bits per heavy atom.